The first-order chi connectivity index (χ1) is 9.09. The number of H-pyrrole nitrogens is 1. The summed E-state index contributed by atoms with van der Waals surface area (Å²) in [6.07, 6.45) is 4.05. The van der Waals surface area contributed by atoms with Crippen molar-refractivity contribution in [2.45, 2.75) is 57.1 Å². The zero-order valence-corrected chi connectivity index (χ0v) is 12.8. The highest BCUT2D eigenvalue weighted by Gasteiger charge is 2.21. The Hall–Kier alpha value is -1.06. The number of aryl methyl sites for hydroxylation is 1. The molecule has 19 heavy (non-hydrogen) atoms. The van der Waals surface area contributed by atoms with Gasteiger partial charge in [-0.15, -0.1) is 5.10 Å². The number of nitriles is 1. The standard InChI is InChI=1S/C13H23N5S/c1-4-8-15-13(3,10-14)7-5-6-9-19-12-16-11(2)17-18-12/h15H,4-9H2,1-3H3,(H,16,17,18). The van der Waals surface area contributed by atoms with Gasteiger partial charge in [0.1, 0.15) is 11.4 Å². The van der Waals surface area contributed by atoms with E-state index in [1.165, 1.54) is 0 Å². The molecule has 1 heterocycles. The highest BCUT2D eigenvalue weighted by atomic mass is 32.2. The van der Waals surface area contributed by atoms with E-state index in [9.17, 15) is 5.26 Å². The van der Waals surface area contributed by atoms with E-state index >= 15 is 0 Å². The van der Waals surface area contributed by atoms with Crippen molar-refractivity contribution in [2.24, 2.45) is 0 Å². The molecule has 2 N–H and O–H groups in total. The van der Waals surface area contributed by atoms with Crippen LogP contribution < -0.4 is 5.32 Å². The van der Waals surface area contributed by atoms with Crippen LogP contribution >= 0.6 is 11.8 Å². The predicted molar refractivity (Wildman–Crippen MR) is 78.0 cm³/mol. The Morgan fingerprint density at radius 2 is 2.26 bits per heavy atom. The van der Waals surface area contributed by atoms with Gasteiger partial charge in [0.05, 0.1) is 6.07 Å². The molecule has 106 valence electrons. The van der Waals surface area contributed by atoms with Crippen LogP contribution in [0.25, 0.3) is 0 Å². The van der Waals surface area contributed by atoms with Crippen LogP contribution in [-0.4, -0.2) is 33.0 Å². The molecule has 1 aromatic heterocycles. The van der Waals surface area contributed by atoms with Crippen molar-refractivity contribution in [3.8, 4) is 6.07 Å². The van der Waals surface area contributed by atoms with Crippen LogP contribution in [0, 0.1) is 18.3 Å². The van der Waals surface area contributed by atoms with Gasteiger partial charge in [0.15, 0.2) is 0 Å². The summed E-state index contributed by atoms with van der Waals surface area (Å²) < 4.78 is 0. The Morgan fingerprint density at radius 1 is 1.47 bits per heavy atom. The van der Waals surface area contributed by atoms with Crippen LogP contribution in [-0.2, 0) is 0 Å². The highest BCUT2D eigenvalue weighted by molar-refractivity contribution is 7.99. The number of nitrogens with zero attached hydrogens (tertiary/aromatic N) is 3. The van der Waals surface area contributed by atoms with E-state index in [-0.39, 0.29) is 5.54 Å². The number of hydrogen-bond acceptors (Lipinski definition) is 5. The monoisotopic (exact) mass is 281 g/mol. The molecular weight excluding hydrogens is 258 g/mol. The third-order valence-corrected chi connectivity index (χ3v) is 3.82. The molecule has 0 bridgehead atoms. The lowest BCUT2D eigenvalue weighted by Gasteiger charge is -2.22. The molecule has 0 aromatic carbocycles. The van der Waals surface area contributed by atoms with E-state index in [0.717, 1.165) is 49.0 Å². The summed E-state index contributed by atoms with van der Waals surface area (Å²) in [5, 5.41) is 20.2. The molecule has 1 atom stereocenters. The molecule has 6 heteroatoms. The van der Waals surface area contributed by atoms with Crippen LogP contribution in [0.4, 0.5) is 0 Å². The maximum atomic E-state index is 9.21. The molecule has 0 amide bonds. The van der Waals surface area contributed by atoms with Gasteiger partial charge in [-0.2, -0.15) is 5.26 Å². The van der Waals surface area contributed by atoms with Crippen molar-refractivity contribution in [2.75, 3.05) is 12.3 Å². The molecule has 0 aliphatic rings. The number of thioether (sulfide) groups is 1. The molecule has 1 rings (SSSR count). The third kappa shape index (κ3) is 6.08. The van der Waals surface area contributed by atoms with Crippen molar-refractivity contribution in [1.29, 1.82) is 5.26 Å². The number of aromatic nitrogens is 3. The average molecular weight is 281 g/mol. The third-order valence-electron chi connectivity index (χ3n) is 2.89. The number of aromatic amines is 1. The summed E-state index contributed by atoms with van der Waals surface area (Å²) >= 11 is 1.66. The van der Waals surface area contributed by atoms with Crippen molar-refractivity contribution in [3.63, 3.8) is 0 Å². The van der Waals surface area contributed by atoms with Crippen molar-refractivity contribution in [3.05, 3.63) is 5.82 Å². The highest BCUT2D eigenvalue weighted by Crippen LogP contribution is 2.18. The molecule has 0 saturated carbocycles. The van der Waals surface area contributed by atoms with Crippen LogP contribution in [0.2, 0.25) is 0 Å². The van der Waals surface area contributed by atoms with Gasteiger partial charge in [-0.25, -0.2) is 4.98 Å². The zero-order chi connectivity index (χ0) is 14.1. The Morgan fingerprint density at radius 3 is 2.84 bits per heavy atom. The SMILES string of the molecule is CCCNC(C)(C#N)CCCCSc1n[nH]c(C)n1. The molecule has 5 nitrogen and oxygen atoms in total. The van der Waals surface area contributed by atoms with Gasteiger partial charge in [-0.1, -0.05) is 18.7 Å². The molecule has 0 saturated heterocycles. The molecule has 0 radical (unpaired) electrons. The zero-order valence-electron chi connectivity index (χ0n) is 12.0. The van der Waals surface area contributed by atoms with E-state index < -0.39 is 0 Å². The molecule has 0 aliphatic heterocycles. The quantitative estimate of drug-likeness (QED) is 0.537. The second kappa shape index (κ2) is 8.18. The first-order valence-corrected chi connectivity index (χ1v) is 7.76. The molecule has 0 spiro atoms. The Labute approximate surface area is 119 Å². The number of unbranched alkanes of at least 4 members (excludes halogenated alkanes) is 1. The topological polar surface area (TPSA) is 77.4 Å². The number of nitrogens with one attached hydrogen (secondary N) is 2. The Kier molecular flexibility index (Phi) is 6.89. The second-order valence-electron chi connectivity index (χ2n) is 4.88. The van der Waals surface area contributed by atoms with E-state index in [2.05, 4.69) is 33.5 Å². The van der Waals surface area contributed by atoms with Gasteiger partial charge < -0.3 is 0 Å². The minimum Gasteiger partial charge on any atom is -0.300 e. The fourth-order valence-corrected chi connectivity index (χ4v) is 2.56. The van der Waals surface area contributed by atoms with Gasteiger partial charge >= 0.3 is 0 Å². The van der Waals surface area contributed by atoms with Gasteiger partial charge in [0.2, 0.25) is 5.16 Å². The lowest BCUT2D eigenvalue weighted by Crippen LogP contribution is -2.41. The largest absolute Gasteiger partial charge is 0.300 e. The summed E-state index contributed by atoms with van der Waals surface area (Å²) in [6.45, 7) is 6.89. The van der Waals surface area contributed by atoms with Crippen molar-refractivity contribution >= 4 is 11.8 Å². The maximum absolute atomic E-state index is 9.21. The van der Waals surface area contributed by atoms with Crippen LogP contribution in [0.3, 0.4) is 0 Å². The summed E-state index contributed by atoms with van der Waals surface area (Å²) in [6, 6.07) is 2.38. The van der Waals surface area contributed by atoms with E-state index in [0.29, 0.717) is 0 Å². The summed E-state index contributed by atoms with van der Waals surface area (Å²) in [4.78, 5) is 4.25. The fourth-order valence-electron chi connectivity index (χ4n) is 1.72. The molecule has 0 aliphatic carbocycles. The van der Waals surface area contributed by atoms with E-state index in [1.807, 2.05) is 13.8 Å². The van der Waals surface area contributed by atoms with Gasteiger partial charge in [0, 0.05) is 5.75 Å². The van der Waals surface area contributed by atoms with E-state index in [4.69, 9.17) is 0 Å². The smallest absolute Gasteiger partial charge is 0.208 e. The Bertz CT molecular complexity index is 411. The lowest BCUT2D eigenvalue weighted by atomic mass is 9.96. The summed E-state index contributed by atoms with van der Waals surface area (Å²) in [5.41, 5.74) is -0.387. The maximum Gasteiger partial charge on any atom is 0.208 e. The molecule has 1 unspecified atom stereocenters. The predicted octanol–water partition coefficient (Wildman–Crippen LogP) is 2.66. The van der Waals surface area contributed by atoms with Gasteiger partial charge in [-0.3, -0.25) is 10.4 Å². The fraction of sp³-hybridized carbons (Fsp3) is 0.769. The number of hydrogen-bond donors (Lipinski definition) is 2. The normalized spacial score (nSPS) is 14.0. The van der Waals surface area contributed by atoms with Crippen LogP contribution in [0.15, 0.2) is 5.16 Å². The van der Waals surface area contributed by atoms with Crippen molar-refractivity contribution in [1.82, 2.24) is 20.5 Å². The van der Waals surface area contributed by atoms with E-state index in [1.54, 1.807) is 11.8 Å². The molecular formula is C13H23N5S. The van der Waals surface area contributed by atoms with Gasteiger partial charge in [-0.05, 0) is 46.1 Å². The average Bonchev–Trinajstić information content (AvgIpc) is 2.82. The Balaban J connectivity index is 2.17. The first kappa shape index (κ1) is 16.0. The lowest BCUT2D eigenvalue weighted by molar-refractivity contribution is 0.406. The minimum atomic E-state index is -0.387. The first-order valence-electron chi connectivity index (χ1n) is 6.78. The summed E-state index contributed by atoms with van der Waals surface area (Å²) in [7, 11) is 0. The van der Waals surface area contributed by atoms with Crippen LogP contribution in [0.1, 0.15) is 45.4 Å². The minimum absolute atomic E-state index is 0.387. The summed E-state index contributed by atoms with van der Waals surface area (Å²) in [5.74, 6) is 1.84. The van der Waals surface area contributed by atoms with Crippen molar-refractivity contribution < 1.29 is 0 Å². The molecule has 1 aromatic rings. The van der Waals surface area contributed by atoms with Crippen LogP contribution in [0.5, 0.6) is 0 Å². The second-order valence-corrected chi connectivity index (χ2v) is 5.94. The number of rotatable bonds is 9. The van der Waals surface area contributed by atoms with Gasteiger partial charge in [0.25, 0.3) is 0 Å². The molecule has 0 fully saturated rings.